The molecule has 30 heavy (non-hydrogen) atoms. The van der Waals surface area contributed by atoms with Crippen molar-refractivity contribution in [3.8, 4) is 0 Å². The lowest BCUT2D eigenvalue weighted by Gasteiger charge is -2.23. The maximum absolute atomic E-state index is 12.9. The monoisotopic (exact) mass is 422 g/mol. The molecule has 0 saturated carbocycles. The van der Waals surface area contributed by atoms with Crippen LogP contribution in [-0.2, 0) is 22.6 Å². The molecule has 0 unspecified atom stereocenters. The van der Waals surface area contributed by atoms with Gasteiger partial charge in [-0.3, -0.25) is 4.79 Å². The summed E-state index contributed by atoms with van der Waals surface area (Å²) in [6.45, 7) is 4.01. The van der Waals surface area contributed by atoms with E-state index < -0.39 is 5.97 Å². The Morgan fingerprint density at radius 2 is 1.47 bits per heavy atom. The molecule has 6 heteroatoms. The van der Waals surface area contributed by atoms with Crippen LogP contribution in [0.3, 0.4) is 0 Å². The maximum Gasteiger partial charge on any atom is 0.342 e. The summed E-state index contributed by atoms with van der Waals surface area (Å²) in [4.78, 5) is 31.2. The van der Waals surface area contributed by atoms with Crippen molar-refractivity contribution in [2.24, 2.45) is 0 Å². The van der Waals surface area contributed by atoms with Gasteiger partial charge in [0, 0.05) is 18.8 Å². The van der Waals surface area contributed by atoms with Gasteiger partial charge >= 0.3 is 5.97 Å². The van der Waals surface area contributed by atoms with E-state index >= 15 is 0 Å². The van der Waals surface area contributed by atoms with Crippen molar-refractivity contribution in [3.63, 3.8) is 0 Å². The fourth-order valence-electron chi connectivity index (χ4n) is 3.17. The van der Waals surface area contributed by atoms with Crippen LogP contribution in [-0.4, -0.2) is 28.4 Å². The molecule has 154 valence electrons. The molecule has 0 atom stereocenters. The first-order valence-corrected chi connectivity index (χ1v) is 9.98. The second kappa shape index (κ2) is 10.0. The average Bonchev–Trinajstić information content (AvgIpc) is 2.72. The zero-order valence-corrected chi connectivity index (χ0v) is 17.7. The van der Waals surface area contributed by atoms with Gasteiger partial charge in [0.05, 0.1) is 5.56 Å². The first-order valence-electron chi connectivity index (χ1n) is 9.60. The first kappa shape index (κ1) is 21.5. The third-order valence-corrected chi connectivity index (χ3v) is 4.89. The van der Waals surface area contributed by atoms with Gasteiger partial charge in [0.15, 0.2) is 6.61 Å². The number of aromatic nitrogens is 1. The van der Waals surface area contributed by atoms with Crippen molar-refractivity contribution in [3.05, 3.63) is 99.8 Å². The number of ether oxygens (including phenoxy) is 1. The van der Waals surface area contributed by atoms with Crippen molar-refractivity contribution in [2.45, 2.75) is 26.9 Å². The number of pyridine rings is 1. The van der Waals surface area contributed by atoms with E-state index in [0.29, 0.717) is 24.3 Å². The Labute approximate surface area is 181 Å². The quantitative estimate of drug-likeness (QED) is 0.407. The van der Waals surface area contributed by atoms with Crippen LogP contribution >= 0.6 is 11.6 Å². The molecule has 3 rings (SSSR count). The van der Waals surface area contributed by atoms with Crippen LogP contribution in [0.1, 0.15) is 32.7 Å². The summed E-state index contributed by atoms with van der Waals surface area (Å²) in [5.41, 5.74) is 3.55. The highest BCUT2D eigenvalue weighted by Crippen LogP contribution is 2.20. The summed E-state index contributed by atoms with van der Waals surface area (Å²) in [6, 6.07) is 21.1. The van der Waals surface area contributed by atoms with E-state index in [4.69, 9.17) is 16.3 Å². The molecule has 0 bridgehead atoms. The minimum absolute atomic E-state index is 0.0791. The Bertz CT molecular complexity index is 959. The van der Waals surface area contributed by atoms with Gasteiger partial charge in [0.2, 0.25) is 0 Å². The summed E-state index contributed by atoms with van der Waals surface area (Å²) < 4.78 is 5.29. The fourth-order valence-corrected chi connectivity index (χ4v) is 3.53. The summed E-state index contributed by atoms with van der Waals surface area (Å²) >= 11 is 6.11. The topological polar surface area (TPSA) is 59.5 Å². The molecule has 1 aromatic heterocycles. The minimum atomic E-state index is -0.655. The molecule has 0 radical (unpaired) electrons. The third-order valence-electron chi connectivity index (χ3n) is 4.62. The van der Waals surface area contributed by atoms with Crippen LogP contribution in [0.4, 0.5) is 0 Å². The average molecular weight is 423 g/mol. The van der Waals surface area contributed by atoms with Gasteiger partial charge in [-0.05, 0) is 36.6 Å². The third kappa shape index (κ3) is 5.67. The number of rotatable bonds is 7. The number of nitrogens with zero attached hydrogens (tertiary/aromatic N) is 2. The van der Waals surface area contributed by atoms with Crippen LogP contribution in [0, 0.1) is 13.8 Å². The molecule has 0 spiro atoms. The summed E-state index contributed by atoms with van der Waals surface area (Å²) in [6.07, 6.45) is 0. The number of halogens is 1. The van der Waals surface area contributed by atoms with Gasteiger partial charge in [0.25, 0.3) is 5.91 Å². The number of carbonyl (C=O) groups is 2. The van der Waals surface area contributed by atoms with Crippen molar-refractivity contribution in [1.29, 1.82) is 0 Å². The lowest BCUT2D eigenvalue weighted by molar-refractivity contribution is -0.135. The van der Waals surface area contributed by atoms with Crippen molar-refractivity contribution in [1.82, 2.24) is 9.88 Å². The predicted molar refractivity (Wildman–Crippen MR) is 116 cm³/mol. The van der Waals surface area contributed by atoms with Crippen LogP contribution in [0.15, 0.2) is 66.7 Å². The lowest BCUT2D eigenvalue weighted by Crippen LogP contribution is -2.34. The van der Waals surface area contributed by atoms with Crippen molar-refractivity contribution in [2.75, 3.05) is 6.61 Å². The summed E-state index contributed by atoms with van der Waals surface area (Å²) in [7, 11) is 0. The lowest BCUT2D eigenvalue weighted by atomic mass is 10.1. The maximum atomic E-state index is 12.9. The second-order valence-electron chi connectivity index (χ2n) is 7.04. The number of esters is 1. The fraction of sp³-hybridized carbons (Fsp3) is 0.208. The molecule has 0 aliphatic carbocycles. The van der Waals surface area contributed by atoms with E-state index in [1.165, 1.54) is 0 Å². The molecule has 0 N–H and O–H groups in total. The van der Waals surface area contributed by atoms with Crippen LogP contribution < -0.4 is 0 Å². The molecule has 0 saturated heterocycles. The number of hydrogen-bond donors (Lipinski definition) is 0. The summed E-state index contributed by atoms with van der Waals surface area (Å²) in [5.74, 6) is -0.942. The molecule has 0 fully saturated rings. The van der Waals surface area contributed by atoms with E-state index in [0.717, 1.165) is 11.1 Å². The molecule has 3 aromatic rings. The van der Waals surface area contributed by atoms with Gasteiger partial charge < -0.3 is 9.64 Å². The van der Waals surface area contributed by atoms with E-state index in [1.54, 1.807) is 24.8 Å². The van der Waals surface area contributed by atoms with E-state index in [2.05, 4.69) is 4.98 Å². The number of amides is 1. The number of benzene rings is 2. The Morgan fingerprint density at radius 1 is 0.933 bits per heavy atom. The standard InChI is InChI=1S/C24H23ClN2O3/c1-17-13-18(2)26-23(25)22(17)24(29)30-16-21(28)27(14-19-9-5-3-6-10-19)15-20-11-7-4-8-12-20/h3-13H,14-16H2,1-2H3. The van der Waals surface area contributed by atoms with Gasteiger partial charge in [-0.2, -0.15) is 0 Å². The Hall–Kier alpha value is -3.18. The zero-order chi connectivity index (χ0) is 21.5. The van der Waals surface area contributed by atoms with Gasteiger partial charge in [-0.25, -0.2) is 9.78 Å². The van der Waals surface area contributed by atoms with E-state index in [9.17, 15) is 9.59 Å². The van der Waals surface area contributed by atoms with Gasteiger partial charge in [0.1, 0.15) is 5.15 Å². The normalized spacial score (nSPS) is 10.5. The van der Waals surface area contributed by atoms with E-state index in [-0.39, 0.29) is 23.2 Å². The van der Waals surface area contributed by atoms with Crippen LogP contribution in [0.2, 0.25) is 5.15 Å². The van der Waals surface area contributed by atoms with Crippen molar-refractivity contribution >= 4 is 23.5 Å². The molecule has 2 aromatic carbocycles. The number of aryl methyl sites for hydroxylation is 2. The van der Waals surface area contributed by atoms with Gasteiger partial charge in [-0.15, -0.1) is 0 Å². The molecular formula is C24H23ClN2O3. The van der Waals surface area contributed by atoms with Crippen molar-refractivity contribution < 1.29 is 14.3 Å². The van der Waals surface area contributed by atoms with E-state index in [1.807, 2.05) is 60.7 Å². The Kier molecular flexibility index (Phi) is 7.20. The zero-order valence-electron chi connectivity index (χ0n) is 17.0. The second-order valence-corrected chi connectivity index (χ2v) is 7.40. The molecule has 0 aliphatic rings. The SMILES string of the molecule is Cc1cc(C)c(C(=O)OCC(=O)N(Cc2ccccc2)Cc2ccccc2)c(Cl)n1. The van der Waals surface area contributed by atoms with Gasteiger partial charge in [-0.1, -0.05) is 72.3 Å². The highest BCUT2D eigenvalue weighted by Gasteiger charge is 2.21. The van der Waals surface area contributed by atoms with Crippen LogP contribution in [0.25, 0.3) is 0 Å². The first-order chi connectivity index (χ1) is 14.4. The van der Waals surface area contributed by atoms with Crippen LogP contribution in [0.5, 0.6) is 0 Å². The molecule has 1 amide bonds. The number of carbonyl (C=O) groups excluding carboxylic acids is 2. The predicted octanol–water partition coefficient (Wildman–Crippen LogP) is 4.74. The minimum Gasteiger partial charge on any atom is -0.452 e. The summed E-state index contributed by atoms with van der Waals surface area (Å²) in [5, 5.41) is 0.0791. The Balaban J connectivity index is 1.72. The Morgan fingerprint density at radius 3 is 1.97 bits per heavy atom. The smallest absolute Gasteiger partial charge is 0.342 e. The highest BCUT2D eigenvalue weighted by molar-refractivity contribution is 6.32. The molecule has 0 aliphatic heterocycles. The highest BCUT2D eigenvalue weighted by atomic mass is 35.5. The molecular weight excluding hydrogens is 400 g/mol. The molecule has 1 heterocycles. The number of hydrogen-bond acceptors (Lipinski definition) is 4. The molecule has 5 nitrogen and oxygen atoms in total. The largest absolute Gasteiger partial charge is 0.452 e.